The second-order valence-corrected chi connectivity index (χ2v) is 10.3. The Bertz CT molecular complexity index is 1340. The Labute approximate surface area is 237 Å². The number of para-hydroxylation sites is 1. The maximum Gasteiger partial charge on any atom is 0.472 e. The normalized spacial score (nSPS) is 13.1. The number of carboxylic acid groups (broad SMARTS) is 1. The van der Waals surface area contributed by atoms with Crippen LogP contribution in [0.15, 0.2) is 72.8 Å². The summed E-state index contributed by atoms with van der Waals surface area (Å²) in [6.45, 7) is -0.678. The first-order chi connectivity index (χ1) is 19.6. The van der Waals surface area contributed by atoms with Crippen molar-refractivity contribution in [3.8, 4) is 17.2 Å². The molecule has 6 N–H and O–H groups in total. The number of phosphoric acid groups is 1. The fraction of sp³-hybridized carbons (Fsp3) is 0.286. The van der Waals surface area contributed by atoms with Crippen LogP contribution in [0.4, 0.5) is 5.69 Å². The van der Waals surface area contributed by atoms with Crippen LogP contribution in [0.5, 0.6) is 17.2 Å². The van der Waals surface area contributed by atoms with Crippen molar-refractivity contribution in [3.63, 3.8) is 0 Å². The van der Waals surface area contributed by atoms with E-state index in [0.29, 0.717) is 36.0 Å². The van der Waals surface area contributed by atoms with Gasteiger partial charge in [0.15, 0.2) is 0 Å². The van der Waals surface area contributed by atoms with Crippen molar-refractivity contribution in [2.75, 3.05) is 25.6 Å². The van der Waals surface area contributed by atoms with Gasteiger partial charge in [0.2, 0.25) is 0 Å². The second-order valence-electron chi connectivity index (χ2n) is 8.83. The van der Waals surface area contributed by atoms with Crippen LogP contribution in [0.2, 0.25) is 0 Å². The van der Waals surface area contributed by atoms with Crippen LogP contribution in [0.1, 0.15) is 24.0 Å². The monoisotopic (exact) mass is 588 g/mol. The Morgan fingerprint density at radius 1 is 0.927 bits per heavy atom. The molecule has 0 heterocycles. The third-order valence-electron chi connectivity index (χ3n) is 5.52. The van der Waals surface area contributed by atoms with Gasteiger partial charge in [0.05, 0.1) is 19.8 Å². The summed E-state index contributed by atoms with van der Waals surface area (Å²) in [6.07, 6.45) is 0.613. The lowest BCUT2D eigenvalue weighted by Crippen LogP contribution is -2.34. The molecule has 0 spiro atoms. The van der Waals surface area contributed by atoms with Gasteiger partial charge in [0.25, 0.3) is 0 Å². The molecule has 0 aromatic heterocycles. The second kappa shape index (κ2) is 15.8. The van der Waals surface area contributed by atoms with Crippen LogP contribution in [0, 0.1) is 0 Å². The number of carbonyl (C=O) groups is 2. The predicted octanol–water partition coefficient (Wildman–Crippen LogP) is 4.05. The summed E-state index contributed by atoms with van der Waals surface area (Å²) < 4.78 is 38.0. The smallest absolute Gasteiger partial charge is 0.472 e. The van der Waals surface area contributed by atoms with E-state index in [9.17, 15) is 19.0 Å². The highest BCUT2D eigenvalue weighted by Crippen LogP contribution is 2.43. The van der Waals surface area contributed by atoms with E-state index in [1.165, 1.54) is 0 Å². The number of ether oxygens (including phenoxy) is 3. The van der Waals surface area contributed by atoms with Crippen LogP contribution in [-0.2, 0) is 41.0 Å². The quantitative estimate of drug-likeness (QED) is 0.0767. The van der Waals surface area contributed by atoms with Crippen LogP contribution in [-0.4, -0.2) is 47.8 Å². The molecular formula is C28H33N2O10P. The van der Waals surface area contributed by atoms with Crippen molar-refractivity contribution < 1.29 is 47.4 Å². The molecule has 3 aromatic rings. The average Bonchev–Trinajstić information content (AvgIpc) is 2.95. The highest BCUT2D eigenvalue weighted by Gasteiger charge is 2.24. The standard InChI is InChI=1S/C28H33N2O10P/c29-22-10-12-23(13-11-22)40-24-7-3-5-20(17-24)18-37-26-8-2-1-6-21(26)9-14-27(31)36-15-4-16-38-41(34,35)39-19-25(30)28(32)33/h1-3,5-8,10-13,17,25H,4,9,14-16,18-19,29-30H2,(H,32,33)(H,34,35)/t25-/m0/s1. The fourth-order valence-corrected chi connectivity index (χ4v) is 4.18. The van der Waals surface area contributed by atoms with Crippen LogP contribution >= 0.6 is 7.82 Å². The first kappa shape index (κ1) is 31.6. The molecule has 0 saturated carbocycles. The summed E-state index contributed by atoms with van der Waals surface area (Å²) >= 11 is 0. The zero-order valence-corrected chi connectivity index (χ0v) is 23.1. The Hall–Kier alpha value is -3.93. The number of carboxylic acids is 1. The van der Waals surface area contributed by atoms with E-state index in [-0.39, 0.29) is 26.1 Å². The molecule has 3 aromatic carbocycles. The van der Waals surface area contributed by atoms with E-state index in [1.807, 2.05) is 48.5 Å². The lowest BCUT2D eigenvalue weighted by Gasteiger charge is -2.14. The topological polar surface area (TPSA) is 190 Å². The van der Waals surface area contributed by atoms with Gasteiger partial charge in [-0.25, -0.2) is 4.57 Å². The number of benzene rings is 3. The van der Waals surface area contributed by atoms with E-state index in [0.717, 1.165) is 11.1 Å². The molecule has 12 nitrogen and oxygen atoms in total. The van der Waals surface area contributed by atoms with Crippen molar-refractivity contribution in [1.29, 1.82) is 0 Å². The first-order valence-corrected chi connectivity index (χ1v) is 14.2. The van der Waals surface area contributed by atoms with E-state index in [2.05, 4.69) is 4.52 Å². The molecule has 0 aliphatic rings. The summed E-state index contributed by atoms with van der Waals surface area (Å²) in [6, 6.07) is 20.6. The van der Waals surface area contributed by atoms with Crippen molar-refractivity contribution in [1.82, 2.24) is 0 Å². The van der Waals surface area contributed by atoms with Crippen molar-refractivity contribution in [2.45, 2.75) is 31.9 Å². The molecule has 3 rings (SSSR count). The predicted molar refractivity (Wildman–Crippen MR) is 149 cm³/mol. The summed E-state index contributed by atoms with van der Waals surface area (Å²) in [5, 5.41) is 8.66. The zero-order chi connectivity index (χ0) is 29.7. The highest BCUT2D eigenvalue weighted by atomic mass is 31.2. The molecule has 0 aliphatic carbocycles. The van der Waals surface area contributed by atoms with Gasteiger partial charge in [-0.15, -0.1) is 0 Å². The fourth-order valence-electron chi connectivity index (χ4n) is 3.40. The number of aliphatic carboxylic acids is 1. The number of carbonyl (C=O) groups excluding carboxylic acids is 1. The molecule has 0 bridgehead atoms. The summed E-state index contributed by atoms with van der Waals surface area (Å²) in [5.74, 6) is 0.136. The van der Waals surface area contributed by atoms with Crippen LogP contribution in [0.25, 0.3) is 0 Å². The number of nitrogen functional groups attached to an aromatic ring is 1. The minimum atomic E-state index is -4.47. The number of phosphoric ester groups is 1. The first-order valence-electron chi connectivity index (χ1n) is 12.7. The Kier molecular flexibility index (Phi) is 12.1. The van der Waals surface area contributed by atoms with Gasteiger partial charge < -0.3 is 35.7 Å². The minimum Gasteiger partial charge on any atom is -0.489 e. The Balaban J connectivity index is 1.39. The molecular weight excluding hydrogens is 555 g/mol. The number of hydrogen-bond donors (Lipinski definition) is 4. The number of hydrogen-bond acceptors (Lipinski definition) is 10. The summed E-state index contributed by atoms with van der Waals surface area (Å²) in [5.41, 5.74) is 13.3. The maximum atomic E-state index is 12.2. The maximum absolute atomic E-state index is 12.2. The molecule has 13 heteroatoms. The highest BCUT2D eigenvalue weighted by molar-refractivity contribution is 7.47. The van der Waals surface area contributed by atoms with Crippen molar-refractivity contribution in [3.05, 3.63) is 83.9 Å². The van der Waals surface area contributed by atoms with Crippen molar-refractivity contribution in [2.24, 2.45) is 5.73 Å². The number of rotatable bonds is 17. The molecule has 0 aliphatic heterocycles. The molecule has 0 fully saturated rings. The average molecular weight is 589 g/mol. The van der Waals surface area contributed by atoms with E-state index >= 15 is 0 Å². The number of esters is 1. The van der Waals surface area contributed by atoms with Crippen molar-refractivity contribution >= 4 is 25.4 Å². The molecule has 0 saturated heterocycles. The molecule has 0 radical (unpaired) electrons. The third kappa shape index (κ3) is 11.6. The van der Waals surface area contributed by atoms with Crippen LogP contribution < -0.4 is 20.9 Å². The van der Waals surface area contributed by atoms with Gasteiger partial charge in [-0.2, -0.15) is 0 Å². The van der Waals surface area contributed by atoms with Gasteiger partial charge in [0, 0.05) is 18.5 Å². The Morgan fingerprint density at radius 3 is 2.44 bits per heavy atom. The minimum absolute atomic E-state index is 0.0413. The Morgan fingerprint density at radius 2 is 1.68 bits per heavy atom. The molecule has 41 heavy (non-hydrogen) atoms. The molecule has 0 amide bonds. The van der Waals surface area contributed by atoms with E-state index in [1.54, 1.807) is 24.3 Å². The summed E-state index contributed by atoms with van der Waals surface area (Å²) in [7, 11) is -4.47. The SMILES string of the molecule is Nc1ccc(Oc2cccc(COc3ccccc3CCC(=O)OCCCOP(=O)(O)OC[C@H](N)C(=O)O)c2)cc1. The molecule has 220 valence electrons. The number of anilines is 1. The zero-order valence-electron chi connectivity index (χ0n) is 22.2. The van der Waals surface area contributed by atoms with Gasteiger partial charge in [0.1, 0.15) is 29.9 Å². The number of aryl methyl sites for hydroxylation is 1. The molecule has 2 atom stereocenters. The molecule has 1 unspecified atom stereocenters. The number of nitrogens with two attached hydrogens (primary N) is 2. The van der Waals surface area contributed by atoms with E-state index < -0.39 is 32.4 Å². The largest absolute Gasteiger partial charge is 0.489 e. The lowest BCUT2D eigenvalue weighted by atomic mass is 10.1. The van der Waals surface area contributed by atoms with Gasteiger partial charge in [-0.05, 0) is 60.0 Å². The van der Waals surface area contributed by atoms with Gasteiger partial charge in [-0.1, -0.05) is 30.3 Å². The van der Waals surface area contributed by atoms with Gasteiger partial charge >= 0.3 is 19.8 Å². The van der Waals surface area contributed by atoms with Crippen LogP contribution in [0.3, 0.4) is 0 Å². The summed E-state index contributed by atoms with van der Waals surface area (Å²) in [4.78, 5) is 32.3. The van der Waals surface area contributed by atoms with Gasteiger partial charge in [-0.3, -0.25) is 18.6 Å². The lowest BCUT2D eigenvalue weighted by molar-refractivity contribution is -0.143. The third-order valence-corrected chi connectivity index (χ3v) is 6.50. The van der Waals surface area contributed by atoms with E-state index in [4.69, 9.17) is 35.3 Å².